The van der Waals surface area contributed by atoms with Gasteiger partial charge in [0.25, 0.3) is 0 Å². The minimum Gasteiger partial charge on any atom is -0.494 e. The van der Waals surface area contributed by atoms with Crippen LogP contribution in [0.3, 0.4) is 0 Å². The predicted octanol–water partition coefficient (Wildman–Crippen LogP) is 2.67. The van der Waals surface area contributed by atoms with Crippen molar-refractivity contribution in [3.05, 3.63) is 40.2 Å². The quantitative estimate of drug-likeness (QED) is 0.662. The van der Waals surface area contributed by atoms with Gasteiger partial charge in [-0.25, -0.2) is 9.59 Å². The fourth-order valence-corrected chi connectivity index (χ4v) is 1.67. The number of carboxylic acid groups (broad SMARTS) is 1. The van der Waals surface area contributed by atoms with E-state index in [2.05, 4.69) is 6.92 Å². The monoisotopic (exact) mass is 262 g/mol. The van der Waals surface area contributed by atoms with E-state index in [1.54, 1.807) is 18.2 Å². The summed E-state index contributed by atoms with van der Waals surface area (Å²) >= 11 is 0. The Labute approximate surface area is 109 Å². The number of ether oxygens (including phenoxy) is 1. The van der Waals surface area contributed by atoms with Crippen LogP contribution in [-0.2, 0) is 0 Å². The number of rotatable bonds is 5. The molecule has 0 radical (unpaired) electrons. The van der Waals surface area contributed by atoms with Gasteiger partial charge >= 0.3 is 11.6 Å². The third-order valence-electron chi connectivity index (χ3n) is 2.70. The van der Waals surface area contributed by atoms with Gasteiger partial charge in [-0.2, -0.15) is 0 Å². The van der Waals surface area contributed by atoms with Crippen molar-refractivity contribution in [3.63, 3.8) is 0 Å². The molecule has 2 aromatic rings. The standard InChI is InChI=1S/C14H14O5/c1-2-3-6-18-10-4-5-12-9(7-10)8-11(13(15)16)14(17)19-12/h4-5,7-8H,2-3,6H2,1H3,(H,15,16). The van der Waals surface area contributed by atoms with E-state index in [0.29, 0.717) is 23.3 Å². The smallest absolute Gasteiger partial charge is 0.351 e. The molecule has 2 rings (SSSR count). The first-order valence-electron chi connectivity index (χ1n) is 6.06. The van der Waals surface area contributed by atoms with Gasteiger partial charge in [0.05, 0.1) is 6.61 Å². The number of hydrogen-bond acceptors (Lipinski definition) is 4. The molecule has 0 bridgehead atoms. The summed E-state index contributed by atoms with van der Waals surface area (Å²) in [6.07, 6.45) is 1.98. The number of hydrogen-bond donors (Lipinski definition) is 1. The number of unbranched alkanes of at least 4 members (excludes halogenated alkanes) is 1. The molecule has 0 atom stereocenters. The lowest BCUT2D eigenvalue weighted by molar-refractivity contribution is 0.0692. The van der Waals surface area contributed by atoms with Crippen LogP contribution in [0.1, 0.15) is 30.1 Å². The second-order valence-corrected chi connectivity index (χ2v) is 4.15. The van der Waals surface area contributed by atoms with Crippen LogP contribution in [0.25, 0.3) is 11.0 Å². The average Bonchev–Trinajstić information content (AvgIpc) is 2.38. The second-order valence-electron chi connectivity index (χ2n) is 4.15. The van der Waals surface area contributed by atoms with Crippen LogP contribution >= 0.6 is 0 Å². The molecule has 5 nitrogen and oxygen atoms in total. The first-order valence-corrected chi connectivity index (χ1v) is 6.06. The maximum atomic E-state index is 11.4. The van der Waals surface area contributed by atoms with Gasteiger partial charge in [-0.3, -0.25) is 0 Å². The molecular weight excluding hydrogens is 248 g/mol. The molecule has 0 saturated heterocycles. The predicted molar refractivity (Wildman–Crippen MR) is 69.8 cm³/mol. The number of fused-ring (bicyclic) bond motifs is 1. The van der Waals surface area contributed by atoms with Crippen LogP contribution in [0, 0.1) is 0 Å². The minimum absolute atomic E-state index is 0.345. The van der Waals surface area contributed by atoms with Gasteiger partial charge in [0, 0.05) is 5.39 Å². The lowest BCUT2D eigenvalue weighted by atomic mass is 10.2. The van der Waals surface area contributed by atoms with Crippen molar-refractivity contribution in [2.24, 2.45) is 0 Å². The van der Waals surface area contributed by atoms with E-state index in [0.717, 1.165) is 12.8 Å². The summed E-state index contributed by atoms with van der Waals surface area (Å²) in [7, 11) is 0. The van der Waals surface area contributed by atoms with E-state index >= 15 is 0 Å². The van der Waals surface area contributed by atoms with Gasteiger partial charge in [0.2, 0.25) is 0 Å². The third-order valence-corrected chi connectivity index (χ3v) is 2.70. The highest BCUT2D eigenvalue weighted by Crippen LogP contribution is 2.20. The third kappa shape index (κ3) is 2.93. The number of carboxylic acids is 1. The lowest BCUT2D eigenvalue weighted by Gasteiger charge is -2.06. The average molecular weight is 262 g/mol. The van der Waals surface area contributed by atoms with Crippen molar-refractivity contribution in [3.8, 4) is 5.75 Å². The van der Waals surface area contributed by atoms with Crippen molar-refractivity contribution >= 4 is 16.9 Å². The lowest BCUT2D eigenvalue weighted by Crippen LogP contribution is -2.12. The largest absolute Gasteiger partial charge is 0.494 e. The van der Waals surface area contributed by atoms with Crippen LogP contribution in [0.2, 0.25) is 0 Å². The topological polar surface area (TPSA) is 76.7 Å². The van der Waals surface area contributed by atoms with E-state index in [-0.39, 0.29) is 5.56 Å². The highest BCUT2D eigenvalue weighted by atomic mass is 16.5. The summed E-state index contributed by atoms with van der Waals surface area (Å²) in [5, 5.41) is 9.41. The molecule has 0 aliphatic rings. The molecule has 0 aliphatic carbocycles. The molecule has 0 unspecified atom stereocenters. The zero-order valence-electron chi connectivity index (χ0n) is 10.5. The summed E-state index contributed by atoms with van der Waals surface area (Å²) in [5.41, 5.74) is -0.879. The van der Waals surface area contributed by atoms with E-state index in [4.69, 9.17) is 14.3 Å². The first kappa shape index (κ1) is 13.1. The molecule has 0 saturated carbocycles. The summed E-state index contributed by atoms with van der Waals surface area (Å²) in [6.45, 7) is 2.67. The van der Waals surface area contributed by atoms with Crippen LogP contribution < -0.4 is 10.4 Å². The molecule has 0 spiro atoms. The van der Waals surface area contributed by atoms with Crippen LogP contribution in [0.5, 0.6) is 5.75 Å². The van der Waals surface area contributed by atoms with Gasteiger partial charge in [-0.15, -0.1) is 0 Å². The van der Waals surface area contributed by atoms with Gasteiger partial charge in [-0.05, 0) is 30.7 Å². The maximum absolute atomic E-state index is 11.4. The molecule has 0 amide bonds. The summed E-state index contributed by atoms with van der Waals surface area (Å²) < 4.78 is 10.5. The van der Waals surface area contributed by atoms with Crippen molar-refractivity contribution in [1.82, 2.24) is 0 Å². The van der Waals surface area contributed by atoms with Gasteiger partial charge < -0.3 is 14.3 Å². The maximum Gasteiger partial charge on any atom is 0.351 e. The van der Waals surface area contributed by atoms with E-state index in [1.165, 1.54) is 6.07 Å². The molecule has 19 heavy (non-hydrogen) atoms. The number of benzene rings is 1. The molecule has 0 fully saturated rings. The van der Waals surface area contributed by atoms with Gasteiger partial charge in [0.1, 0.15) is 16.9 Å². The minimum atomic E-state index is -1.30. The molecule has 1 heterocycles. The Morgan fingerprint density at radius 1 is 1.37 bits per heavy atom. The SMILES string of the molecule is CCCCOc1ccc2oc(=O)c(C(=O)O)cc2c1. The Morgan fingerprint density at radius 2 is 2.16 bits per heavy atom. The highest BCUT2D eigenvalue weighted by molar-refractivity contribution is 5.91. The first-order chi connectivity index (χ1) is 9.11. The molecule has 5 heteroatoms. The van der Waals surface area contributed by atoms with Crippen LogP contribution in [-0.4, -0.2) is 17.7 Å². The second kappa shape index (κ2) is 5.56. The Kier molecular flexibility index (Phi) is 3.85. The zero-order valence-corrected chi connectivity index (χ0v) is 10.5. The van der Waals surface area contributed by atoms with E-state index < -0.39 is 11.6 Å². The Hall–Kier alpha value is -2.30. The highest BCUT2D eigenvalue weighted by Gasteiger charge is 2.12. The Bertz CT molecular complexity index is 656. The summed E-state index contributed by atoms with van der Waals surface area (Å²) in [4.78, 5) is 22.3. The zero-order chi connectivity index (χ0) is 13.8. The van der Waals surface area contributed by atoms with Crippen LogP contribution in [0.15, 0.2) is 33.5 Å². The number of aromatic carboxylic acids is 1. The molecule has 1 N–H and O–H groups in total. The Balaban J connectivity index is 2.38. The van der Waals surface area contributed by atoms with Gasteiger partial charge in [0.15, 0.2) is 0 Å². The Morgan fingerprint density at radius 3 is 2.84 bits per heavy atom. The summed E-state index contributed by atoms with van der Waals surface area (Å²) in [6, 6.07) is 6.27. The van der Waals surface area contributed by atoms with E-state index in [9.17, 15) is 9.59 Å². The van der Waals surface area contributed by atoms with Crippen molar-refractivity contribution in [2.45, 2.75) is 19.8 Å². The number of carbonyl (C=O) groups is 1. The summed E-state index contributed by atoms with van der Waals surface area (Å²) in [5.74, 6) is -0.668. The van der Waals surface area contributed by atoms with Crippen molar-refractivity contribution in [1.29, 1.82) is 0 Å². The van der Waals surface area contributed by atoms with Gasteiger partial charge in [-0.1, -0.05) is 13.3 Å². The van der Waals surface area contributed by atoms with E-state index in [1.807, 2.05) is 0 Å². The fourth-order valence-electron chi connectivity index (χ4n) is 1.67. The van der Waals surface area contributed by atoms with Crippen molar-refractivity contribution < 1.29 is 19.1 Å². The fraction of sp³-hybridized carbons (Fsp3) is 0.286. The molecule has 1 aromatic carbocycles. The molecule has 0 aliphatic heterocycles. The normalized spacial score (nSPS) is 10.6. The van der Waals surface area contributed by atoms with Crippen LogP contribution in [0.4, 0.5) is 0 Å². The molecule has 1 aromatic heterocycles. The molecule has 100 valence electrons. The molecular formula is C14H14O5. The van der Waals surface area contributed by atoms with Crippen molar-refractivity contribution in [2.75, 3.05) is 6.61 Å².